The smallest absolute Gasteiger partial charge is 0.251 e. The van der Waals surface area contributed by atoms with Gasteiger partial charge in [0.1, 0.15) is 18.1 Å². The Balaban J connectivity index is 1.57. The minimum Gasteiger partial charge on any atom is -0.496 e. The molecule has 3 aromatic rings. The van der Waals surface area contributed by atoms with Crippen LogP contribution in [-0.4, -0.2) is 18.0 Å². The van der Waals surface area contributed by atoms with Crippen LogP contribution in [0.5, 0.6) is 11.5 Å². The van der Waals surface area contributed by atoms with Crippen molar-refractivity contribution in [3.63, 3.8) is 0 Å². The lowest BCUT2D eigenvalue weighted by atomic mass is 10.2. The van der Waals surface area contributed by atoms with E-state index in [2.05, 4.69) is 26.2 Å². The quantitative estimate of drug-likeness (QED) is 0.609. The fourth-order valence-electron chi connectivity index (χ4n) is 2.48. The van der Waals surface area contributed by atoms with E-state index in [1.165, 1.54) is 0 Å². The van der Waals surface area contributed by atoms with E-state index in [1.54, 1.807) is 31.5 Å². The van der Waals surface area contributed by atoms with Crippen molar-refractivity contribution in [1.82, 2.24) is 10.3 Å². The van der Waals surface area contributed by atoms with E-state index < -0.39 is 0 Å². The SMILES string of the molecule is COc1ccc(C(=O)NCc2cccc(OCc3ccccn3)c2)cc1Br. The Kier molecular flexibility index (Phi) is 6.44. The van der Waals surface area contributed by atoms with Gasteiger partial charge >= 0.3 is 0 Å². The molecule has 0 aliphatic rings. The van der Waals surface area contributed by atoms with Crippen molar-refractivity contribution in [2.45, 2.75) is 13.2 Å². The number of carbonyl (C=O) groups is 1. The standard InChI is InChI=1S/C21H19BrN2O3/c1-26-20-9-8-16(12-19(20)22)21(25)24-13-15-5-4-7-18(11-15)27-14-17-6-2-3-10-23-17/h2-12H,13-14H2,1H3,(H,24,25). The van der Waals surface area contributed by atoms with Gasteiger partial charge in [-0.05, 0) is 64.0 Å². The largest absolute Gasteiger partial charge is 0.496 e. The highest BCUT2D eigenvalue weighted by molar-refractivity contribution is 9.10. The number of nitrogens with one attached hydrogen (secondary N) is 1. The van der Waals surface area contributed by atoms with E-state index >= 15 is 0 Å². The van der Waals surface area contributed by atoms with Crippen molar-refractivity contribution in [1.29, 1.82) is 0 Å². The van der Waals surface area contributed by atoms with Gasteiger partial charge in [0.25, 0.3) is 5.91 Å². The van der Waals surface area contributed by atoms with Crippen molar-refractivity contribution in [2.75, 3.05) is 7.11 Å². The average Bonchev–Trinajstić information content (AvgIpc) is 2.71. The van der Waals surface area contributed by atoms with Crippen molar-refractivity contribution in [3.05, 3.63) is 88.2 Å². The van der Waals surface area contributed by atoms with E-state index in [4.69, 9.17) is 9.47 Å². The van der Waals surface area contributed by atoms with E-state index in [0.29, 0.717) is 24.5 Å². The third-order valence-corrected chi connectivity index (χ3v) is 4.50. The molecule has 0 unspecified atom stereocenters. The van der Waals surface area contributed by atoms with Crippen LogP contribution in [0.4, 0.5) is 0 Å². The van der Waals surface area contributed by atoms with Crippen LogP contribution in [0.1, 0.15) is 21.6 Å². The molecule has 2 aromatic carbocycles. The second kappa shape index (κ2) is 9.19. The lowest BCUT2D eigenvalue weighted by Crippen LogP contribution is -2.22. The summed E-state index contributed by atoms with van der Waals surface area (Å²) in [7, 11) is 1.59. The Morgan fingerprint density at radius 3 is 2.74 bits per heavy atom. The van der Waals surface area contributed by atoms with Gasteiger partial charge in [-0.2, -0.15) is 0 Å². The Labute approximate surface area is 166 Å². The highest BCUT2D eigenvalue weighted by Crippen LogP contribution is 2.25. The zero-order chi connectivity index (χ0) is 19.1. The molecule has 3 rings (SSSR count). The summed E-state index contributed by atoms with van der Waals surface area (Å²) in [6.45, 7) is 0.805. The number of hydrogen-bond donors (Lipinski definition) is 1. The number of carbonyl (C=O) groups excluding carboxylic acids is 1. The molecule has 0 fully saturated rings. The first-order valence-corrected chi connectivity index (χ1v) is 9.18. The summed E-state index contributed by atoms with van der Waals surface area (Å²) >= 11 is 3.39. The van der Waals surface area contributed by atoms with Gasteiger partial charge < -0.3 is 14.8 Å². The van der Waals surface area contributed by atoms with Gasteiger partial charge in [0.05, 0.1) is 17.3 Å². The summed E-state index contributed by atoms with van der Waals surface area (Å²) in [6.07, 6.45) is 1.74. The van der Waals surface area contributed by atoms with Crippen LogP contribution in [0.2, 0.25) is 0 Å². The number of methoxy groups -OCH3 is 1. The fourth-order valence-corrected chi connectivity index (χ4v) is 3.02. The van der Waals surface area contributed by atoms with Gasteiger partial charge in [-0.25, -0.2) is 0 Å². The molecule has 1 N–H and O–H groups in total. The minimum absolute atomic E-state index is 0.154. The van der Waals surface area contributed by atoms with Gasteiger partial charge in [0.2, 0.25) is 0 Å². The van der Waals surface area contributed by atoms with Gasteiger partial charge in [-0.3, -0.25) is 9.78 Å². The number of ether oxygens (including phenoxy) is 2. The molecule has 5 nitrogen and oxygen atoms in total. The topological polar surface area (TPSA) is 60.5 Å². The van der Waals surface area contributed by atoms with Gasteiger partial charge in [-0.15, -0.1) is 0 Å². The molecule has 0 saturated carbocycles. The van der Waals surface area contributed by atoms with Crippen molar-refractivity contribution in [3.8, 4) is 11.5 Å². The summed E-state index contributed by atoms with van der Waals surface area (Å²) in [5.74, 6) is 1.27. The highest BCUT2D eigenvalue weighted by Gasteiger charge is 2.09. The molecule has 0 atom stereocenters. The predicted octanol–water partition coefficient (Wildman–Crippen LogP) is 4.36. The zero-order valence-electron chi connectivity index (χ0n) is 14.8. The first-order chi connectivity index (χ1) is 13.2. The Bertz CT molecular complexity index is 916. The number of halogens is 1. The Morgan fingerprint density at radius 2 is 2.00 bits per heavy atom. The number of aromatic nitrogens is 1. The molecule has 0 spiro atoms. The van der Waals surface area contributed by atoms with Crippen molar-refractivity contribution >= 4 is 21.8 Å². The first-order valence-electron chi connectivity index (χ1n) is 8.39. The maximum absolute atomic E-state index is 12.4. The maximum Gasteiger partial charge on any atom is 0.251 e. The molecule has 27 heavy (non-hydrogen) atoms. The molecule has 1 amide bonds. The van der Waals surface area contributed by atoms with Gasteiger partial charge in [0, 0.05) is 18.3 Å². The normalized spacial score (nSPS) is 10.3. The summed E-state index contributed by atoms with van der Waals surface area (Å²) in [4.78, 5) is 16.6. The summed E-state index contributed by atoms with van der Waals surface area (Å²) in [5.41, 5.74) is 2.38. The molecule has 1 heterocycles. The number of nitrogens with zero attached hydrogens (tertiary/aromatic N) is 1. The number of pyridine rings is 1. The van der Waals surface area contributed by atoms with Crippen LogP contribution in [0, 0.1) is 0 Å². The molecule has 138 valence electrons. The van der Waals surface area contributed by atoms with Crippen molar-refractivity contribution < 1.29 is 14.3 Å². The maximum atomic E-state index is 12.4. The number of hydrogen-bond acceptors (Lipinski definition) is 4. The van der Waals surface area contributed by atoms with E-state index in [1.807, 2.05) is 42.5 Å². The van der Waals surface area contributed by atoms with E-state index in [-0.39, 0.29) is 5.91 Å². The predicted molar refractivity (Wildman–Crippen MR) is 107 cm³/mol. The Morgan fingerprint density at radius 1 is 1.11 bits per heavy atom. The molecule has 0 aliphatic carbocycles. The average molecular weight is 427 g/mol. The highest BCUT2D eigenvalue weighted by atomic mass is 79.9. The van der Waals surface area contributed by atoms with Crippen LogP contribution in [0.15, 0.2) is 71.3 Å². The third kappa shape index (κ3) is 5.31. The molecular formula is C21H19BrN2O3. The molecule has 6 heteroatoms. The lowest BCUT2D eigenvalue weighted by molar-refractivity contribution is 0.0950. The molecule has 0 bridgehead atoms. The van der Waals surface area contributed by atoms with Crippen LogP contribution in [0.3, 0.4) is 0 Å². The van der Waals surface area contributed by atoms with Gasteiger partial charge in [-0.1, -0.05) is 18.2 Å². The molecule has 0 aliphatic heterocycles. The molecule has 0 saturated heterocycles. The summed E-state index contributed by atoms with van der Waals surface area (Å²) in [5, 5.41) is 2.91. The van der Waals surface area contributed by atoms with E-state index in [9.17, 15) is 4.79 Å². The van der Waals surface area contributed by atoms with Gasteiger partial charge in [0.15, 0.2) is 0 Å². The minimum atomic E-state index is -0.154. The third-order valence-electron chi connectivity index (χ3n) is 3.88. The number of benzene rings is 2. The second-order valence-corrected chi connectivity index (χ2v) is 6.64. The second-order valence-electron chi connectivity index (χ2n) is 5.79. The Hall–Kier alpha value is -2.86. The molecular weight excluding hydrogens is 408 g/mol. The summed E-state index contributed by atoms with van der Waals surface area (Å²) in [6, 6.07) is 18.6. The van der Waals surface area contributed by atoms with Crippen LogP contribution in [-0.2, 0) is 13.2 Å². The van der Waals surface area contributed by atoms with E-state index in [0.717, 1.165) is 21.5 Å². The van der Waals surface area contributed by atoms with Crippen LogP contribution >= 0.6 is 15.9 Å². The fraction of sp³-hybridized carbons (Fsp3) is 0.143. The molecule has 0 radical (unpaired) electrons. The summed E-state index contributed by atoms with van der Waals surface area (Å²) < 4.78 is 11.7. The van der Waals surface area contributed by atoms with Crippen molar-refractivity contribution in [2.24, 2.45) is 0 Å². The lowest BCUT2D eigenvalue weighted by Gasteiger charge is -2.10. The number of amides is 1. The monoisotopic (exact) mass is 426 g/mol. The first kappa shape index (κ1) is 18.9. The molecule has 1 aromatic heterocycles. The number of rotatable bonds is 7. The van der Waals surface area contributed by atoms with Crippen LogP contribution in [0.25, 0.3) is 0 Å². The zero-order valence-corrected chi connectivity index (χ0v) is 16.4. The van der Waals surface area contributed by atoms with Crippen LogP contribution < -0.4 is 14.8 Å².